The molecule has 1 fully saturated rings. The minimum atomic E-state index is -4.80. The van der Waals surface area contributed by atoms with Gasteiger partial charge in [0.25, 0.3) is 0 Å². The van der Waals surface area contributed by atoms with E-state index < -0.39 is 18.1 Å². The summed E-state index contributed by atoms with van der Waals surface area (Å²) < 4.78 is 51.2. The molecule has 3 rings (SSSR count). The van der Waals surface area contributed by atoms with E-state index in [1.807, 2.05) is 0 Å². The summed E-state index contributed by atoms with van der Waals surface area (Å²) in [6.07, 6.45) is -2.96. The molecule has 1 heterocycles. The molecule has 0 N–H and O–H groups in total. The summed E-state index contributed by atoms with van der Waals surface area (Å²) >= 11 is 0. The van der Waals surface area contributed by atoms with Crippen molar-refractivity contribution in [3.63, 3.8) is 0 Å². The van der Waals surface area contributed by atoms with Crippen LogP contribution in [0, 0.1) is 0 Å². The lowest BCUT2D eigenvalue weighted by molar-refractivity contribution is -0.274. The molecule has 1 aromatic carbocycles. The number of aromatic nitrogens is 2. The molecule has 1 aromatic heterocycles. The lowest BCUT2D eigenvalue weighted by atomic mass is 10.0. The maximum Gasteiger partial charge on any atom is 0.573 e. The van der Waals surface area contributed by atoms with Crippen LogP contribution in [0.5, 0.6) is 5.75 Å². The molecule has 0 amide bonds. The Morgan fingerprint density at radius 2 is 2.08 bits per heavy atom. The molecule has 128 valence electrons. The van der Waals surface area contributed by atoms with Crippen LogP contribution < -0.4 is 4.74 Å². The van der Waals surface area contributed by atoms with Gasteiger partial charge >= 0.3 is 18.2 Å². The second-order valence-corrected chi connectivity index (χ2v) is 5.20. The zero-order chi connectivity index (χ0) is 17.3. The summed E-state index contributed by atoms with van der Waals surface area (Å²) in [5.41, 5.74) is 1.10. The van der Waals surface area contributed by atoms with Crippen molar-refractivity contribution in [2.75, 3.05) is 6.61 Å². The largest absolute Gasteiger partial charge is 0.573 e. The normalized spacial score (nSPS) is 14.5. The molecule has 1 saturated carbocycles. The fourth-order valence-corrected chi connectivity index (χ4v) is 2.28. The van der Waals surface area contributed by atoms with E-state index in [9.17, 15) is 18.0 Å². The van der Waals surface area contributed by atoms with Crippen molar-refractivity contribution < 1.29 is 31.9 Å². The number of alkyl halides is 3. The molecule has 0 spiro atoms. The molecule has 0 radical (unpaired) electrons. The number of halogens is 3. The van der Waals surface area contributed by atoms with E-state index in [0.717, 1.165) is 18.4 Å². The van der Waals surface area contributed by atoms with Gasteiger partial charge in [0, 0.05) is 5.56 Å². The molecular weight excluding hydrogens is 329 g/mol. The van der Waals surface area contributed by atoms with Crippen molar-refractivity contribution in [2.24, 2.45) is 0 Å². The van der Waals surface area contributed by atoms with Crippen LogP contribution in [0.15, 0.2) is 22.6 Å². The lowest BCUT2D eigenvalue weighted by Gasteiger charge is -2.11. The number of nitrogens with zero attached hydrogens (tertiary/aromatic N) is 2. The Balaban J connectivity index is 1.95. The van der Waals surface area contributed by atoms with Gasteiger partial charge in [-0.2, -0.15) is 0 Å². The summed E-state index contributed by atoms with van der Waals surface area (Å²) in [7, 11) is 0. The standard InChI is InChI=1S/C15H13F3N2O4/c1-2-22-14(21)13-20-19-12(23-13)11-7-9(24-15(16,17)18)5-6-10(11)8-3-4-8/h5-8H,2-4H2,1H3. The summed E-state index contributed by atoms with van der Waals surface area (Å²) in [5.74, 6) is -1.36. The summed E-state index contributed by atoms with van der Waals surface area (Å²) in [6.45, 7) is 1.76. The van der Waals surface area contributed by atoms with Gasteiger partial charge in [0.05, 0.1) is 6.61 Å². The first-order valence-corrected chi connectivity index (χ1v) is 7.28. The molecule has 2 aromatic rings. The molecule has 9 heteroatoms. The van der Waals surface area contributed by atoms with Gasteiger partial charge in [-0.25, -0.2) is 4.79 Å². The van der Waals surface area contributed by atoms with Crippen LogP contribution in [0.25, 0.3) is 11.5 Å². The van der Waals surface area contributed by atoms with E-state index in [-0.39, 0.29) is 24.3 Å². The fraction of sp³-hybridized carbons (Fsp3) is 0.400. The Morgan fingerprint density at radius 3 is 2.71 bits per heavy atom. The highest BCUT2D eigenvalue weighted by Gasteiger charge is 2.33. The maximum atomic E-state index is 12.4. The Kier molecular flexibility index (Phi) is 4.16. The van der Waals surface area contributed by atoms with E-state index in [1.165, 1.54) is 12.1 Å². The first kappa shape index (κ1) is 16.3. The topological polar surface area (TPSA) is 74.5 Å². The van der Waals surface area contributed by atoms with E-state index in [4.69, 9.17) is 9.15 Å². The van der Waals surface area contributed by atoms with Crippen molar-refractivity contribution in [3.8, 4) is 17.2 Å². The molecule has 1 aliphatic carbocycles. The van der Waals surface area contributed by atoms with Gasteiger partial charge in [0.1, 0.15) is 5.75 Å². The van der Waals surface area contributed by atoms with Gasteiger partial charge in [-0.05, 0) is 43.4 Å². The minimum Gasteiger partial charge on any atom is -0.459 e. The van der Waals surface area contributed by atoms with Gasteiger partial charge in [-0.15, -0.1) is 23.4 Å². The molecule has 0 aliphatic heterocycles. The third kappa shape index (κ3) is 3.66. The highest BCUT2D eigenvalue weighted by Crippen LogP contribution is 2.45. The predicted molar refractivity (Wildman–Crippen MR) is 74.3 cm³/mol. The van der Waals surface area contributed by atoms with Gasteiger partial charge in [0.15, 0.2) is 0 Å². The Labute approximate surface area is 134 Å². The monoisotopic (exact) mass is 342 g/mol. The van der Waals surface area contributed by atoms with Crippen LogP contribution in [-0.2, 0) is 4.74 Å². The molecule has 0 saturated heterocycles. The summed E-state index contributed by atoms with van der Waals surface area (Å²) in [4.78, 5) is 11.6. The molecule has 0 unspecified atom stereocenters. The van der Waals surface area contributed by atoms with E-state index in [1.54, 1.807) is 13.0 Å². The van der Waals surface area contributed by atoms with Gasteiger partial charge in [-0.1, -0.05) is 6.07 Å². The van der Waals surface area contributed by atoms with E-state index in [0.29, 0.717) is 5.56 Å². The molecule has 6 nitrogen and oxygen atoms in total. The van der Waals surface area contributed by atoms with Crippen LogP contribution in [-0.4, -0.2) is 29.1 Å². The SMILES string of the molecule is CCOC(=O)c1nnc(-c2cc(OC(F)(F)F)ccc2C2CC2)o1. The van der Waals surface area contributed by atoms with Crippen molar-refractivity contribution in [1.29, 1.82) is 0 Å². The smallest absolute Gasteiger partial charge is 0.459 e. The number of carbonyl (C=O) groups is 1. The number of esters is 1. The highest BCUT2D eigenvalue weighted by molar-refractivity contribution is 5.84. The third-order valence-electron chi connectivity index (χ3n) is 3.38. The number of hydrogen-bond donors (Lipinski definition) is 0. The zero-order valence-electron chi connectivity index (χ0n) is 12.6. The van der Waals surface area contributed by atoms with Crippen molar-refractivity contribution in [2.45, 2.75) is 32.0 Å². The second-order valence-electron chi connectivity index (χ2n) is 5.20. The van der Waals surface area contributed by atoms with Gasteiger partial charge < -0.3 is 13.9 Å². The molecule has 1 aliphatic rings. The van der Waals surface area contributed by atoms with E-state index in [2.05, 4.69) is 14.9 Å². The number of benzene rings is 1. The van der Waals surface area contributed by atoms with Crippen LogP contribution in [0.1, 0.15) is 41.9 Å². The number of hydrogen-bond acceptors (Lipinski definition) is 6. The number of ether oxygens (including phenoxy) is 2. The second kappa shape index (κ2) is 6.14. The molecular formula is C15H13F3N2O4. The van der Waals surface area contributed by atoms with Crippen LogP contribution in [0.2, 0.25) is 0 Å². The predicted octanol–water partition coefficient (Wildman–Crippen LogP) is 3.69. The van der Waals surface area contributed by atoms with Crippen molar-refractivity contribution >= 4 is 5.97 Å². The fourth-order valence-electron chi connectivity index (χ4n) is 2.28. The number of rotatable bonds is 5. The van der Waals surface area contributed by atoms with Gasteiger partial charge in [-0.3, -0.25) is 0 Å². The Morgan fingerprint density at radius 1 is 1.33 bits per heavy atom. The minimum absolute atomic E-state index is 0.0485. The van der Waals surface area contributed by atoms with E-state index >= 15 is 0 Å². The third-order valence-corrected chi connectivity index (χ3v) is 3.38. The van der Waals surface area contributed by atoms with Crippen LogP contribution in [0.4, 0.5) is 13.2 Å². The van der Waals surface area contributed by atoms with Gasteiger partial charge in [0.2, 0.25) is 5.89 Å². The van der Waals surface area contributed by atoms with Crippen molar-refractivity contribution in [1.82, 2.24) is 10.2 Å². The Hall–Kier alpha value is -2.58. The lowest BCUT2D eigenvalue weighted by Crippen LogP contribution is -2.17. The molecule has 0 bridgehead atoms. The Bertz CT molecular complexity index is 753. The molecule has 0 atom stereocenters. The number of carbonyl (C=O) groups excluding carboxylic acids is 1. The quantitative estimate of drug-likeness (QED) is 0.772. The van der Waals surface area contributed by atoms with Crippen LogP contribution in [0.3, 0.4) is 0 Å². The zero-order valence-corrected chi connectivity index (χ0v) is 12.6. The molecule has 24 heavy (non-hydrogen) atoms. The average Bonchev–Trinajstić information content (AvgIpc) is 3.22. The maximum absolute atomic E-state index is 12.4. The summed E-state index contributed by atoms with van der Waals surface area (Å²) in [6, 6.07) is 3.97. The summed E-state index contributed by atoms with van der Waals surface area (Å²) in [5, 5.41) is 7.33. The average molecular weight is 342 g/mol. The van der Waals surface area contributed by atoms with Crippen molar-refractivity contribution in [3.05, 3.63) is 29.7 Å². The van der Waals surface area contributed by atoms with Crippen LogP contribution >= 0.6 is 0 Å². The highest BCUT2D eigenvalue weighted by atomic mass is 19.4. The first-order valence-electron chi connectivity index (χ1n) is 7.28. The first-order chi connectivity index (χ1) is 11.4.